The van der Waals surface area contributed by atoms with Gasteiger partial charge in [-0.2, -0.15) is 0 Å². The van der Waals surface area contributed by atoms with Gasteiger partial charge in [0.2, 0.25) is 0 Å². The number of hydrogen-bond donors (Lipinski definition) is 1. The highest BCUT2D eigenvalue weighted by Gasteiger charge is 2.23. The van der Waals surface area contributed by atoms with Crippen LogP contribution in [0.3, 0.4) is 0 Å². The lowest BCUT2D eigenvalue weighted by Gasteiger charge is -2.27. The van der Waals surface area contributed by atoms with E-state index in [0.717, 1.165) is 5.92 Å². The first kappa shape index (κ1) is 14.6. The molecule has 1 heteroatoms. The largest absolute Gasteiger partial charge is 0.307 e. The number of unbranched alkanes of at least 4 members (excludes halogenated alkanes) is 1. The van der Waals surface area contributed by atoms with E-state index in [1.54, 1.807) is 0 Å². The molecule has 1 aliphatic carbocycles. The van der Waals surface area contributed by atoms with Crippen LogP contribution in [0.4, 0.5) is 0 Å². The van der Waals surface area contributed by atoms with Crippen LogP contribution in [0.15, 0.2) is 30.3 Å². The summed E-state index contributed by atoms with van der Waals surface area (Å²) in [5, 5.41) is 3.91. The molecule has 0 bridgehead atoms. The van der Waals surface area contributed by atoms with Crippen molar-refractivity contribution in [3.05, 3.63) is 35.9 Å². The molecule has 1 saturated carbocycles. The summed E-state index contributed by atoms with van der Waals surface area (Å²) in [6, 6.07) is 12.2. The van der Waals surface area contributed by atoms with Gasteiger partial charge < -0.3 is 5.32 Å². The van der Waals surface area contributed by atoms with Gasteiger partial charge in [-0.15, -0.1) is 0 Å². The van der Waals surface area contributed by atoms with Crippen LogP contribution in [-0.4, -0.2) is 6.04 Å². The van der Waals surface area contributed by atoms with E-state index in [2.05, 4.69) is 49.5 Å². The molecule has 1 fully saturated rings. The molecule has 1 nitrogen and oxygen atoms in total. The van der Waals surface area contributed by atoms with E-state index < -0.39 is 0 Å². The lowest BCUT2D eigenvalue weighted by atomic mass is 9.95. The summed E-state index contributed by atoms with van der Waals surface area (Å²) in [6.45, 7) is 4.67. The molecule has 0 aromatic heterocycles. The summed E-state index contributed by atoms with van der Waals surface area (Å²) < 4.78 is 0. The van der Waals surface area contributed by atoms with Crippen molar-refractivity contribution in [1.29, 1.82) is 0 Å². The molecule has 2 atom stereocenters. The second-order valence-electron chi connectivity index (χ2n) is 6.11. The Hall–Kier alpha value is -0.820. The molecule has 0 aliphatic heterocycles. The van der Waals surface area contributed by atoms with Gasteiger partial charge in [-0.3, -0.25) is 0 Å². The van der Waals surface area contributed by atoms with Gasteiger partial charge in [-0.25, -0.2) is 0 Å². The molecule has 0 amide bonds. The lowest BCUT2D eigenvalue weighted by Crippen LogP contribution is -2.35. The van der Waals surface area contributed by atoms with Crippen molar-refractivity contribution < 1.29 is 0 Å². The maximum atomic E-state index is 3.91. The van der Waals surface area contributed by atoms with E-state index in [1.165, 1.54) is 50.5 Å². The fraction of sp³-hybridized carbons (Fsp3) is 0.667. The zero-order valence-electron chi connectivity index (χ0n) is 12.6. The maximum Gasteiger partial charge on any atom is 0.0322 e. The minimum atomic E-state index is 0.539. The molecule has 1 aromatic carbocycles. The third kappa shape index (κ3) is 4.35. The van der Waals surface area contributed by atoms with E-state index in [4.69, 9.17) is 0 Å². The Morgan fingerprint density at radius 1 is 1.16 bits per heavy atom. The summed E-state index contributed by atoms with van der Waals surface area (Å²) in [7, 11) is 0. The summed E-state index contributed by atoms with van der Waals surface area (Å²) in [4.78, 5) is 0. The zero-order valence-corrected chi connectivity index (χ0v) is 12.6. The molecule has 1 N–H and O–H groups in total. The van der Waals surface area contributed by atoms with Gasteiger partial charge in [0.15, 0.2) is 0 Å². The highest BCUT2D eigenvalue weighted by atomic mass is 15.0. The van der Waals surface area contributed by atoms with E-state index >= 15 is 0 Å². The molecule has 0 radical (unpaired) electrons. The van der Waals surface area contributed by atoms with Crippen molar-refractivity contribution in [3.8, 4) is 0 Å². The second-order valence-corrected chi connectivity index (χ2v) is 6.11. The quantitative estimate of drug-likeness (QED) is 0.719. The molecule has 1 aromatic rings. The molecule has 1 unspecified atom stereocenters. The molecule has 0 heterocycles. The fourth-order valence-corrected chi connectivity index (χ4v) is 3.35. The first-order chi connectivity index (χ1) is 9.31. The van der Waals surface area contributed by atoms with Crippen LogP contribution in [0.25, 0.3) is 0 Å². The highest BCUT2D eigenvalue weighted by molar-refractivity contribution is 5.19. The first-order valence-electron chi connectivity index (χ1n) is 8.12. The lowest BCUT2D eigenvalue weighted by molar-refractivity contribution is 0.331. The van der Waals surface area contributed by atoms with Gasteiger partial charge >= 0.3 is 0 Å². The Morgan fingerprint density at radius 2 is 1.84 bits per heavy atom. The van der Waals surface area contributed by atoms with Crippen LogP contribution in [0.2, 0.25) is 0 Å². The van der Waals surface area contributed by atoms with Crippen LogP contribution < -0.4 is 5.32 Å². The molecule has 0 saturated heterocycles. The van der Waals surface area contributed by atoms with Crippen LogP contribution in [0.1, 0.15) is 70.4 Å². The second kappa shape index (κ2) is 7.69. The molecule has 106 valence electrons. The normalized spacial score (nSPS) is 19.5. The van der Waals surface area contributed by atoms with Gasteiger partial charge in [0, 0.05) is 12.1 Å². The van der Waals surface area contributed by atoms with Gasteiger partial charge in [-0.05, 0) is 37.7 Å². The SMILES string of the molecule is CCCCC(N[C@H](C)C1CCCC1)c1ccccc1. The predicted molar refractivity (Wildman–Crippen MR) is 83.3 cm³/mol. The van der Waals surface area contributed by atoms with E-state index in [0.29, 0.717) is 12.1 Å². The van der Waals surface area contributed by atoms with Crippen LogP contribution in [-0.2, 0) is 0 Å². The number of hydrogen-bond acceptors (Lipinski definition) is 1. The number of nitrogens with one attached hydrogen (secondary N) is 1. The fourth-order valence-electron chi connectivity index (χ4n) is 3.35. The Morgan fingerprint density at radius 3 is 2.47 bits per heavy atom. The first-order valence-corrected chi connectivity index (χ1v) is 8.12. The van der Waals surface area contributed by atoms with Crippen LogP contribution in [0, 0.1) is 5.92 Å². The van der Waals surface area contributed by atoms with E-state index in [9.17, 15) is 0 Å². The highest BCUT2D eigenvalue weighted by Crippen LogP contribution is 2.29. The Balaban J connectivity index is 1.96. The van der Waals surface area contributed by atoms with Gasteiger partial charge in [0.1, 0.15) is 0 Å². The summed E-state index contributed by atoms with van der Waals surface area (Å²) >= 11 is 0. The van der Waals surface area contributed by atoms with Gasteiger partial charge in [-0.1, -0.05) is 62.9 Å². The summed E-state index contributed by atoms with van der Waals surface area (Å²) in [5.74, 6) is 0.896. The summed E-state index contributed by atoms with van der Waals surface area (Å²) in [5.41, 5.74) is 1.46. The Bertz CT molecular complexity index is 340. The van der Waals surface area contributed by atoms with Crippen molar-refractivity contribution in [2.24, 2.45) is 5.92 Å². The van der Waals surface area contributed by atoms with Crippen molar-refractivity contribution >= 4 is 0 Å². The molecular formula is C18H29N. The average molecular weight is 259 g/mol. The third-order valence-electron chi connectivity index (χ3n) is 4.62. The smallest absolute Gasteiger partial charge is 0.0322 e. The Kier molecular flexibility index (Phi) is 5.91. The van der Waals surface area contributed by atoms with Crippen molar-refractivity contribution in [2.45, 2.75) is 70.9 Å². The maximum absolute atomic E-state index is 3.91. The molecule has 2 rings (SSSR count). The molecule has 19 heavy (non-hydrogen) atoms. The van der Waals surface area contributed by atoms with E-state index in [-0.39, 0.29) is 0 Å². The predicted octanol–water partition coefficient (Wildman–Crippen LogP) is 5.09. The Labute approximate surface area is 118 Å². The van der Waals surface area contributed by atoms with Crippen LogP contribution >= 0.6 is 0 Å². The van der Waals surface area contributed by atoms with Gasteiger partial charge in [0.05, 0.1) is 0 Å². The number of rotatable bonds is 7. The van der Waals surface area contributed by atoms with Crippen molar-refractivity contribution in [2.75, 3.05) is 0 Å². The number of benzene rings is 1. The van der Waals surface area contributed by atoms with E-state index in [1.807, 2.05) is 0 Å². The van der Waals surface area contributed by atoms with Gasteiger partial charge in [0.25, 0.3) is 0 Å². The topological polar surface area (TPSA) is 12.0 Å². The molecule has 0 spiro atoms. The standard InChI is InChI=1S/C18H29N/c1-3-4-14-18(17-12-6-5-7-13-17)19-15(2)16-10-8-9-11-16/h5-7,12-13,15-16,18-19H,3-4,8-11,14H2,1-2H3/t15-,18?/m1/s1. The zero-order chi connectivity index (χ0) is 13.5. The summed E-state index contributed by atoms with van der Waals surface area (Å²) in [6.07, 6.45) is 9.56. The minimum absolute atomic E-state index is 0.539. The molecular weight excluding hydrogens is 230 g/mol. The average Bonchev–Trinajstić information content (AvgIpc) is 2.98. The molecule has 1 aliphatic rings. The van der Waals surface area contributed by atoms with Crippen molar-refractivity contribution in [1.82, 2.24) is 5.32 Å². The van der Waals surface area contributed by atoms with Crippen molar-refractivity contribution in [3.63, 3.8) is 0 Å². The van der Waals surface area contributed by atoms with Crippen LogP contribution in [0.5, 0.6) is 0 Å². The monoisotopic (exact) mass is 259 g/mol. The third-order valence-corrected chi connectivity index (χ3v) is 4.62. The minimum Gasteiger partial charge on any atom is -0.307 e.